The van der Waals surface area contributed by atoms with Gasteiger partial charge in [0.25, 0.3) is 0 Å². The number of hydrogen-bond donors (Lipinski definition) is 3. The maximum absolute atomic E-state index is 13.1. The fourth-order valence-electron chi connectivity index (χ4n) is 3.86. The number of ether oxygens (including phenoxy) is 1. The first-order valence-electron chi connectivity index (χ1n) is 11.8. The van der Waals surface area contributed by atoms with Crippen LogP contribution in [-0.4, -0.2) is 76.7 Å². The monoisotopic (exact) mass is 507 g/mol. The molecule has 3 amide bonds. The van der Waals surface area contributed by atoms with Crippen molar-refractivity contribution in [1.82, 2.24) is 15.5 Å². The van der Waals surface area contributed by atoms with Gasteiger partial charge in [-0.15, -0.1) is 0 Å². The second-order valence-electron chi connectivity index (χ2n) is 9.67. The summed E-state index contributed by atoms with van der Waals surface area (Å²) in [5, 5.41) is 14.9. The highest BCUT2D eigenvalue weighted by Gasteiger charge is 2.33. The molecule has 9 nitrogen and oxygen atoms in total. The number of carboxylic acids is 1. The predicted octanol–water partition coefficient (Wildman–Crippen LogP) is 2.68. The SMILES string of the molecule is CSCC[C@H](NC(=O)OC(C)(C)C)C(=O)N1CCC(C(=O)N[C@@H](Cc2ccccc2)C(=O)O)CC1. The second kappa shape index (κ2) is 13.4. The summed E-state index contributed by atoms with van der Waals surface area (Å²) in [6.45, 7) is 6.00. The number of benzene rings is 1. The summed E-state index contributed by atoms with van der Waals surface area (Å²) < 4.78 is 5.30. The number of nitrogens with one attached hydrogen (secondary N) is 2. The van der Waals surface area contributed by atoms with Crippen LogP contribution in [0.25, 0.3) is 0 Å². The lowest BCUT2D eigenvalue weighted by molar-refractivity contribution is -0.143. The van der Waals surface area contributed by atoms with E-state index in [1.165, 1.54) is 0 Å². The van der Waals surface area contributed by atoms with Crippen LogP contribution in [0.15, 0.2) is 30.3 Å². The number of amides is 3. The van der Waals surface area contributed by atoms with E-state index >= 15 is 0 Å². The molecular formula is C25H37N3O6S. The summed E-state index contributed by atoms with van der Waals surface area (Å²) in [7, 11) is 0. The van der Waals surface area contributed by atoms with Crippen LogP contribution in [0.4, 0.5) is 4.79 Å². The molecule has 0 spiro atoms. The predicted molar refractivity (Wildman–Crippen MR) is 135 cm³/mol. The van der Waals surface area contributed by atoms with E-state index in [1.807, 2.05) is 36.6 Å². The number of carboxylic acid groups (broad SMARTS) is 1. The minimum atomic E-state index is -1.08. The Labute approximate surface area is 211 Å². The Balaban J connectivity index is 1.92. The number of carbonyl (C=O) groups is 4. The Hall–Kier alpha value is -2.75. The van der Waals surface area contributed by atoms with Gasteiger partial charge in [-0.3, -0.25) is 9.59 Å². The average Bonchev–Trinajstić information content (AvgIpc) is 2.80. The van der Waals surface area contributed by atoms with Crippen LogP contribution in [0.1, 0.15) is 45.6 Å². The number of rotatable bonds is 10. The summed E-state index contributed by atoms with van der Waals surface area (Å²) in [5.41, 5.74) is 0.159. The number of carbonyl (C=O) groups excluding carboxylic acids is 3. The second-order valence-corrected chi connectivity index (χ2v) is 10.7. The van der Waals surface area contributed by atoms with Gasteiger partial charge >= 0.3 is 12.1 Å². The quantitative estimate of drug-likeness (QED) is 0.445. The molecular weight excluding hydrogens is 470 g/mol. The molecule has 10 heteroatoms. The topological polar surface area (TPSA) is 125 Å². The Morgan fingerprint density at radius 2 is 1.71 bits per heavy atom. The van der Waals surface area contributed by atoms with E-state index < -0.39 is 29.7 Å². The molecule has 0 unspecified atom stereocenters. The van der Waals surface area contributed by atoms with Crippen molar-refractivity contribution in [3.63, 3.8) is 0 Å². The van der Waals surface area contributed by atoms with Gasteiger partial charge in [-0.25, -0.2) is 9.59 Å². The highest BCUT2D eigenvalue weighted by Crippen LogP contribution is 2.20. The molecule has 35 heavy (non-hydrogen) atoms. The molecule has 0 radical (unpaired) electrons. The normalized spacial score (nSPS) is 16.2. The molecule has 0 bridgehead atoms. The zero-order valence-electron chi connectivity index (χ0n) is 20.9. The third-order valence-electron chi connectivity index (χ3n) is 5.67. The molecule has 1 fully saturated rings. The Morgan fingerprint density at radius 1 is 1.09 bits per heavy atom. The van der Waals surface area contributed by atoms with Gasteiger partial charge in [-0.05, 0) is 57.6 Å². The van der Waals surface area contributed by atoms with Crippen molar-refractivity contribution >= 4 is 35.6 Å². The van der Waals surface area contributed by atoms with Gasteiger partial charge in [0.15, 0.2) is 0 Å². The number of aliphatic carboxylic acids is 1. The number of likely N-dealkylation sites (tertiary alicyclic amines) is 1. The zero-order chi connectivity index (χ0) is 26.0. The number of piperidine rings is 1. The maximum atomic E-state index is 13.1. The number of hydrogen-bond acceptors (Lipinski definition) is 6. The van der Waals surface area contributed by atoms with Gasteiger partial charge in [0.2, 0.25) is 11.8 Å². The number of nitrogens with zero attached hydrogens (tertiary/aromatic N) is 1. The summed E-state index contributed by atoms with van der Waals surface area (Å²) >= 11 is 1.58. The molecule has 1 aromatic rings. The highest BCUT2D eigenvalue weighted by atomic mass is 32.2. The van der Waals surface area contributed by atoms with E-state index in [0.717, 1.165) is 5.56 Å². The van der Waals surface area contributed by atoms with Crippen LogP contribution in [0.5, 0.6) is 0 Å². The van der Waals surface area contributed by atoms with Crippen molar-refractivity contribution < 1.29 is 29.0 Å². The van der Waals surface area contributed by atoms with Crippen LogP contribution in [0, 0.1) is 5.92 Å². The summed E-state index contributed by atoms with van der Waals surface area (Å²) in [6, 6.07) is 7.43. The first kappa shape index (κ1) is 28.5. The van der Waals surface area contributed by atoms with Gasteiger partial charge < -0.3 is 25.4 Å². The zero-order valence-corrected chi connectivity index (χ0v) is 21.7. The largest absolute Gasteiger partial charge is 0.480 e. The van der Waals surface area contributed by atoms with E-state index in [2.05, 4.69) is 10.6 Å². The summed E-state index contributed by atoms with van der Waals surface area (Å²) in [6.07, 6.45) is 2.82. The first-order chi connectivity index (χ1) is 16.5. The smallest absolute Gasteiger partial charge is 0.408 e. The molecule has 1 saturated heterocycles. The summed E-state index contributed by atoms with van der Waals surface area (Å²) in [4.78, 5) is 51.5. The molecule has 1 heterocycles. The van der Waals surface area contributed by atoms with Crippen LogP contribution < -0.4 is 10.6 Å². The molecule has 0 aromatic heterocycles. The van der Waals surface area contributed by atoms with Crippen molar-refractivity contribution in [2.45, 2.75) is 64.1 Å². The van der Waals surface area contributed by atoms with Crippen molar-refractivity contribution in [1.29, 1.82) is 0 Å². The number of thioether (sulfide) groups is 1. The minimum Gasteiger partial charge on any atom is -0.480 e. The fourth-order valence-corrected chi connectivity index (χ4v) is 4.34. The molecule has 1 aliphatic rings. The third kappa shape index (κ3) is 9.79. The minimum absolute atomic E-state index is 0.198. The molecule has 0 saturated carbocycles. The lowest BCUT2D eigenvalue weighted by Gasteiger charge is -2.34. The maximum Gasteiger partial charge on any atom is 0.408 e. The summed E-state index contributed by atoms with van der Waals surface area (Å²) in [5.74, 6) is -1.27. The fraction of sp³-hybridized carbons (Fsp3) is 0.600. The van der Waals surface area contributed by atoms with Gasteiger partial charge in [0.05, 0.1) is 0 Å². The van der Waals surface area contributed by atoms with Gasteiger partial charge in [-0.1, -0.05) is 30.3 Å². The molecule has 2 rings (SSSR count). The lowest BCUT2D eigenvalue weighted by Crippen LogP contribution is -2.53. The van der Waals surface area contributed by atoms with Gasteiger partial charge in [0.1, 0.15) is 17.7 Å². The van der Waals surface area contributed by atoms with E-state index in [1.54, 1.807) is 37.4 Å². The Morgan fingerprint density at radius 3 is 2.26 bits per heavy atom. The van der Waals surface area contributed by atoms with Crippen LogP contribution >= 0.6 is 11.8 Å². The van der Waals surface area contributed by atoms with Crippen molar-refractivity contribution in [3.05, 3.63) is 35.9 Å². The van der Waals surface area contributed by atoms with Gasteiger partial charge in [-0.2, -0.15) is 11.8 Å². The van der Waals surface area contributed by atoms with Crippen LogP contribution in [-0.2, 0) is 25.5 Å². The van der Waals surface area contributed by atoms with Crippen molar-refractivity contribution in [2.24, 2.45) is 5.92 Å². The van der Waals surface area contributed by atoms with E-state index in [0.29, 0.717) is 38.1 Å². The van der Waals surface area contributed by atoms with E-state index in [4.69, 9.17) is 4.74 Å². The van der Waals surface area contributed by atoms with E-state index in [-0.39, 0.29) is 24.2 Å². The molecule has 194 valence electrons. The molecule has 3 N–H and O–H groups in total. The Kier molecular flexibility index (Phi) is 10.9. The molecule has 1 aromatic carbocycles. The van der Waals surface area contributed by atoms with Crippen molar-refractivity contribution in [2.75, 3.05) is 25.1 Å². The van der Waals surface area contributed by atoms with Crippen molar-refractivity contribution in [3.8, 4) is 0 Å². The van der Waals surface area contributed by atoms with Crippen LogP contribution in [0.2, 0.25) is 0 Å². The third-order valence-corrected chi connectivity index (χ3v) is 6.32. The van der Waals surface area contributed by atoms with Crippen LogP contribution in [0.3, 0.4) is 0 Å². The average molecular weight is 508 g/mol. The standard InChI is InChI=1S/C25H37N3O6S/c1-25(2,3)34-24(33)27-19(12-15-35-4)22(30)28-13-10-18(11-14-28)21(29)26-20(23(31)32)16-17-8-6-5-7-9-17/h5-9,18-20H,10-16H2,1-4H3,(H,26,29)(H,27,33)(H,31,32)/t19-,20-/m0/s1. The highest BCUT2D eigenvalue weighted by molar-refractivity contribution is 7.98. The van der Waals surface area contributed by atoms with E-state index in [9.17, 15) is 24.3 Å². The molecule has 2 atom stereocenters. The Bertz CT molecular complexity index is 866. The molecule has 0 aliphatic carbocycles. The lowest BCUT2D eigenvalue weighted by atomic mass is 9.94. The molecule has 1 aliphatic heterocycles. The first-order valence-corrected chi connectivity index (χ1v) is 13.2. The van der Waals surface area contributed by atoms with Gasteiger partial charge in [0, 0.05) is 25.4 Å². The number of alkyl carbamates (subject to hydrolysis) is 1.